The number of carbonyl (C=O) groups excluding carboxylic acids is 1. The summed E-state index contributed by atoms with van der Waals surface area (Å²) in [4.78, 5) is 23.0. The molecule has 1 aromatic heterocycles. The number of rotatable bonds is 5. The molecule has 0 fully saturated rings. The lowest BCUT2D eigenvalue weighted by Crippen LogP contribution is -2.21. The number of carboxylic acid groups (broad SMARTS) is 1. The molecule has 0 aliphatic carbocycles. The Balaban J connectivity index is 2.11. The number of amides is 1. The zero-order valence-electron chi connectivity index (χ0n) is 11.8. The Kier molecular flexibility index (Phi) is 4.32. The van der Waals surface area contributed by atoms with E-state index in [9.17, 15) is 9.59 Å². The molecular formula is C14H16N4O3. The van der Waals surface area contributed by atoms with Gasteiger partial charge in [-0.15, -0.1) is 5.10 Å². The van der Waals surface area contributed by atoms with Gasteiger partial charge in [0.15, 0.2) is 5.69 Å². The van der Waals surface area contributed by atoms with Crippen LogP contribution in [0.4, 0.5) is 5.69 Å². The van der Waals surface area contributed by atoms with Crippen LogP contribution in [0.25, 0.3) is 0 Å². The van der Waals surface area contributed by atoms with Gasteiger partial charge in [-0.1, -0.05) is 24.3 Å². The lowest BCUT2D eigenvalue weighted by Gasteiger charge is -2.07. The molecule has 2 rings (SSSR count). The Hall–Kier alpha value is -2.70. The van der Waals surface area contributed by atoms with E-state index < -0.39 is 5.97 Å². The summed E-state index contributed by atoms with van der Waals surface area (Å²) in [5.41, 5.74) is 2.05. The molecule has 1 amide bonds. The van der Waals surface area contributed by atoms with Crippen molar-refractivity contribution in [1.29, 1.82) is 0 Å². The molecule has 0 spiro atoms. The van der Waals surface area contributed by atoms with Crippen molar-refractivity contribution in [2.45, 2.75) is 26.8 Å². The number of nitrogens with one attached hydrogen (secondary N) is 1. The molecular weight excluding hydrogens is 272 g/mol. The third-order valence-electron chi connectivity index (χ3n) is 2.97. The average Bonchev–Trinajstić information content (AvgIpc) is 2.81. The summed E-state index contributed by atoms with van der Waals surface area (Å²) in [7, 11) is 0. The molecule has 0 saturated carbocycles. The highest BCUT2D eigenvalue weighted by atomic mass is 16.4. The number of anilines is 1. The van der Waals surface area contributed by atoms with Crippen LogP contribution in [0.1, 0.15) is 28.7 Å². The Morgan fingerprint density at radius 2 is 2.14 bits per heavy atom. The third kappa shape index (κ3) is 3.44. The van der Waals surface area contributed by atoms with E-state index in [0.29, 0.717) is 17.8 Å². The Morgan fingerprint density at radius 1 is 1.38 bits per heavy atom. The molecule has 110 valence electrons. The first-order chi connectivity index (χ1) is 10.0. The first-order valence-electron chi connectivity index (χ1n) is 6.53. The van der Waals surface area contributed by atoms with E-state index in [1.165, 1.54) is 4.68 Å². The van der Waals surface area contributed by atoms with Gasteiger partial charge in [0.2, 0.25) is 5.91 Å². The Morgan fingerprint density at radius 3 is 2.76 bits per heavy atom. The van der Waals surface area contributed by atoms with Crippen LogP contribution in [0.15, 0.2) is 24.3 Å². The predicted molar refractivity (Wildman–Crippen MR) is 76.2 cm³/mol. The van der Waals surface area contributed by atoms with Gasteiger partial charge in [-0.25, -0.2) is 9.48 Å². The fraction of sp³-hybridized carbons (Fsp3) is 0.286. The van der Waals surface area contributed by atoms with Crippen LogP contribution in [-0.4, -0.2) is 32.0 Å². The smallest absolute Gasteiger partial charge is 0.358 e. The lowest BCUT2D eigenvalue weighted by atomic mass is 10.2. The van der Waals surface area contributed by atoms with Gasteiger partial charge in [-0.05, 0) is 31.0 Å². The molecule has 0 aliphatic heterocycles. The van der Waals surface area contributed by atoms with Gasteiger partial charge in [0, 0.05) is 5.69 Å². The first kappa shape index (κ1) is 14.7. The fourth-order valence-corrected chi connectivity index (χ4v) is 2.04. The summed E-state index contributed by atoms with van der Waals surface area (Å²) in [5.74, 6) is -1.42. The highest BCUT2D eigenvalue weighted by molar-refractivity contribution is 5.91. The number of hydrogen-bond donors (Lipinski definition) is 2. The van der Waals surface area contributed by atoms with E-state index >= 15 is 0 Å². The Labute approximate surface area is 121 Å². The minimum absolute atomic E-state index is 0.0720. The summed E-state index contributed by atoms with van der Waals surface area (Å²) in [6.07, 6.45) is 0.437. The van der Waals surface area contributed by atoms with Crippen LogP contribution in [-0.2, 0) is 17.8 Å². The molecule has 7 heteroatoms. The summed E-state index contributed by atoms with van der Waals surface area (Å²) in [5, 5.41) is 19.1. The van der Waals surface area contributed by atoms with Crippen molar-refractivity contribution in [3.63, 3.8) is 0 Å². The molecule has 21 heavy (non-hydrogen) atoms. The molecule has 0 saturated heterocycles. The van der Waals surface area contributed by atoms with Crippen LogP contribution in [0.3, 0.4) is 0 Å². The minimum atomic E-state index is -1.14. The summed E-state index contributed by atoms with van der Waals surface area (Å²) in [6.45, 7) is 3.65. The molecule has 7 nitrogen and oxygen atoms in total. The molecule has 0 bridgehead atoms. The maximum Gasteiger partial charge on any atom is 0.358 e. The molecule has 1 aromatic carbocycles. The third-order valence-corrected chi connectivity index (χ3v) is 2.97. The van der Waals surface area contributed by atoms with E-state index in [0.717, 1.165) is 5.56 Å². The van der Waals surface area contributed by atoms with E-state index in [2.05, 4.69) is 15.6 Å². The molecule has 2 N–H and O–H groups in total. The number of hydrogen-bond acceptors (Lipinski definition) is 4. The monoisotopic (exact) mass is 288 g/mol. The van der Waals surface area contributed by atoms with Gasteiger partial charge in [0.1, 0.15) is 6.54 Å². The average molecular weight is 288 g/mol. The van der Waals surface area contributed by atoms with Gasteiger partial charge < -0.3 is 10.4 Å². The van der Waals surface area contributed by atoms with Crippen molar-refractivity contribution in [3.05, 3.63) is 41.2 Å². The van der Waals surface area contributed by atoms with E-state index in [1.54, 1.807) is 13.0 Å². The molecule has 0 radical (unpaired) electrons. The standard InChI is InChI=1S/C14H16N4O3/c1-3-11-13(14(20)21)16-17-18(11)8-12(19)15-10-6-4-5-9(2)7-10/h4-7H,3,8H2,1-2H3,(H,15,19)(H,20,21). The van der Waals surface area contributed by atoms with Crippen LogP contribution in [0.2, 0.25) is 0 Å². The van der Waals surface area contributed by atoms with Gasteiger partial charge in [0.25, 0.3) is 0 Å². The van der Waals surface area contributed by atoms with Crippen molar-refractivity contribution < 1.29 is 14.7 Å². The van der Waals surface area contributed by atoms with Crippen LogP contribution < -0.4 is 5.32 Å². The predicted octanol–water partition coefficient (Wildman–Crippen LogP) is 1.49. The van der Waals surface area contributed by atoms with Gasteiger partial charge in [-0.2, -0.15) is 0 Å². The maximum absolute atomic E-state index is 12.0. The highest BCUT2D eigenvalue weighted by Gasteiger charge is 2.18. The largest absolute Gasteiger partial charge is 0.476 e. The second-order valence-electron chi connectivity index (χ2n) is 4.62. The number of aromatic carboxylic acids is 1. The van der Waals surface area contributed by atoms with Gasteiger partial charge in [0.05, 0.1) is 5.69 Å². The normalized spacial score (nSPS) is 10.4. The van der Waals surface area contributed by atoms with E-state index in [1.807, 2.05) is 25.1 Å². The molecule has 2 aromatic rings. The number of aromatic nitrogens is 3. The second-order valence-corrected chi connectivity index (χ2v) is 4.62. The summed E-state index contributed by atoms with van der Waals surface area (Å²) in [6, 6.07) is 7.42. The highest BCUT2D eigenvalue weighted by Crippen LogP contribution is 2.10. The quantitative estimate of drug-likeness (QED) is 0.868. The van der Waals surface area contributed by atoms with Crippen molar-refractivity contribution in [3.8, 4) is 0 Å². The zero-order valence-corrected chi connectivity index (χ0v) is 11.8. The van der Waals surface area contributed by atoms with E-state index in [4.69, 9.17) is 5.11 Å². The van der Waals surface area contributed by atoms with Gasteiger partial charge >= 0.3 is 5.97 Å². The molecule has 1 heterocycles. The maximum atomic E-state index is 12.0. The van der Waals surface area contributed by atoms with Crippen LogP contribution in [0, 0.1) is 6.92 Å². The van der Waals surface area contributed by atoms with Crippen LogP contribution >= 0.6 is 0 Å². The van der Waals surface area contributed by atoms with E-state index in [-0.39, 0.29) is 18.1 Å². The van der Waals surface area contributed by atoms with Crippen molar-refractivity contribution in [2.75, 3.05) is 5.32 Å². The molecule has 0 aliphatic rings. The van der Waals surface area contributed by atoms with Crippen molar-refractivity contribution in [1.82, 2.24) is 15.0 Å². The SMILES string of the molecule is CCc1c(C(=O)O)nnn1CC(=O)Nc1cccc(C)c1. The number of nitrogens with zero attached hydrogens (tertiary/aromatic N) is 3. The van der Waals surface area contributed by atoms with Crippen LogP contribution in [0.5, 0.6) is 0 Å². The Bertz CT molecular complexity index is 679. The zero-order chi connectivity index (χ0) is 15.4. The lowest BCUT2D eigenvalue weighted by molar-refractivity contribution is -0.117. The summed E-state index contributed by atoms with van der Waals surface area (Å²) < 4.78 is 1.31. The van der Waals surface area contributed by atoms with Crippen molar-refractivity contribution in [2.24, 2.45) is 0 Å². The number of carbonyl (C=O) groups is 2. The van der Waals surface area contributed by atoms with Crippen molar-refractivity contribution >= 4 is 17.6 Å². The second kappa shape index (κ2) is 6.17. The fourth-order valence-electron chi connectivity index (χ4n) is 2.04. The molecule has 0 unspecified atom stereocenters. The number of benzene rings is 1. The topological polar surface area (TPSA) is 97.1 Å². The molecule has 0 atom stereocenters. The number of carboxylic acids is 1. The first-order valence-corrected chi connectivity index (χ1v) is 6.53. The summed E-state index contributed by atoms with van der Waals surface area (Å²) >= 11 is 0. The number of aryl methyl sites for hydroxylation is 1. The minimum Gasteiger partial charge on any atom is -0.476 e. The van der Waals surface area contributed by atoms with Gasteiger partial charge in [-0.3, -0.25) is 4.79 Å².